The quantitative estimate of drug-likeness (QED) is 0.574. The molecule has 1 fully saturated rings. The van der Waals surface area contributed by atoms with E-state index in [1.165, 1.54) is 11.1 Å². The van der Waals surface area contributed by atoms with Crippen LogP contribution in [0.2, 0.25) is 5.02 Å². The Morgan fingerprint density at radius 3 is 2.55 bits per heavy atom. The maximum atomic E-state index is 12.6. The van der Waals surface area contributed by atoms with E-state index in [0.717, 1.165) is 55.3 Å². The molecule has 0 spiro atoms. The van der Waals surface area contributed by atoms with Crippen LogP contribution in [0.25, 0.3) is 11.0 Å². The molecule has 0 atom stereocenters. The van der Waals surface area contributed by atoms with E-state index in [0.29, 0.717) is 12.6 Å². The summed E-state index contributed by atoms with van der Waals surface area (Å²) in [4.78, 5) is 19.9. The van der Waals surface area contributed by atoms with E-state index >= 15 is 0 Å². The number of hydrogen-bond acceptors (Lipinski definition) is 3. The Kier molecular flexibility index (Phi) is 6.93. The number of fused-ring (bicyclic) bond motifs is 1. The summed E-state index contributed by atoms with van der Waals surface area (Å²) in [7, 11) is 0. The van der Waals surface area contributed by atoms with Crippen LogP contribution in [0.4, 0.5) is 0 Å². The van der Waals surface area contributed by atoms with Crippen molar-refractivity contribution in [1.82, 2.24) is 19.8 Å². The lowest BCUT2D eigenvalue weighted by Gasteiger charge is -2.31. The summed E-state index contributed by atoms with van der Waals surface area (Å²) in [6.07, 6.45) is 2.62. The molecule has 4 rings (SSSR count). The number of hydrogen-bond donors (Lipinski definition) is 1. The first kappa shape index (κ1) is 21.8. The van der Waals surface area contributed by atoms with E-state index in [9.17, 15) is 4.79 Å². The molecule has 2 heterocycles. The Balaban J connectivity index is 1.28. The number of amides is 1. The third-order valence-corrected chi connectivity index (χ3v) is 6.39. The van der Waals surface area contributed by atoms with Gasteiger partial charge in [-0.25, -0.2) is 4.98 Å². The van der Waals surface area contributed by atoms with Gasteiger partial charge in [0.05, 0.1) is 17.6 Å². The molecule has 1 saturated heterocycles. The standard InChI is InChI=1S/C25H31ClN4O/c1-18(2)30-23-6-4-3-5-22(23)28-24(30)17-29-15-12-20(13-16-29)25(31)27-14-11-19-7-9-21(26)10-8-19/h3-10,18,20H,11-17H2,1-2H3,(H,27,31). The van der Waals surface area contributed by atoms with Crippen molar-refractivity contribution in [2.45, 2.75) is 45.7 Å². The smallest absolute Gasteiger partial charge is 0.223 e. The lowest BCUT2D eigenvalue weighted by molar-refractivity contribution is -0.126. The monoisotopic (exact) mass is 438 g/mol. The Hall–Kier alpha value is -2.37. The summed E-state index contributed by atoms with van der Waals surface area (Å²) in [6, 6.07) is 16.5. The lowest BCUT2D eigenvalue weighted by atomic mass is 9.96. The highest BCUT2D eigenvalue weighted by molar-refractivity contribution is 6.30. The first-order chi connectivity index (χ1) is 15.0. The van der Waals surface area contributed by atoms with E-state index in [4.69, 9.17) is 16.6 Å². The van der Waals surface area contributed by atoms with Crippen molar-refractivity contribution in [3.63, 3.8) is 0 Å². The first-order valence-corrected chi connectivity index (χ1v) is 11.6. The molecule has 1 aromatic heterocycles. The van der Waals surface area contributed by atoms with Gasteiger partial charge >= 0.3 is 0 Å². The number of carbonyl (C=O) groups excluding carboxylic acids is 1. The van der Waals surface area contributed by atoms with Crippen LogP contribution < -0.4 is 5.32 Å². The van der Waals surface area contributed by atoms with Crippen LogP contribution in [-0.4, -0.2) is 40.0 Å². The molecule has 3 aromatic rings. The minimum Gasteiger partial charge on any atom is -0.356 e. The molecule has 1 aliphatic rings. The number of nitrogens with one attached hydrogen (secondary N) is 1. The number of rotatable bonds is 7. The average molecular weight is 439 g/mol. The van der Waals surface area contributed by atoms with Crippen LogP contribution in [0.1, 0.15) is 44.1 Å². The lowest BCUT2D eigenvalue weighted by Crippen LogP contribution is -2.41. The summed E-state index contributed by atoms with van der Waals surface area (Å²) in [5, 5.41) is 3.85. The number of benzene rings is 2. The predicted molar refractivity (Wildman–Crippen MR) is 126 cm³/mol. The Bertz CT molecular complexity index is 1020. The second-order valence-corrected chi connectivity index (χ2v) is 9.13. The van der Waals surface area contributed by atoms with Gasteiger partial charge in [0.25, 0.3) is 0 Å². The fourth-order valence-corrected chi connectivity index (χ4v) is 4.59. The van der Waals surface area contributed by atoms with Crippen LogP contribution in [0.15, 0.2) is 48.5 Å². The normalized spacial score (nSPS) is 15.6. The van der Waals surface area contributed by atoms with Gasteiger partial charge in [0.2, 0.25) is 5.91 Å². The molecule has 1 aliphatic heterocycles. The molecule has 6 heteroatoms. The van der Waals surface area contributed by atoms with E-state index in [2.05, 4.69) is 46.8 Å². The third kappa shape index (κ3) is 5.28. The fraction of sp³-hybridized carbons (Fsp3) is 0.440. The average Bonchev–Trinajstić information content (AvgIpc) is 3.13. The van der Waals surface area contributed by atoms with Crippen LogP contribution >= 0.6 is 11.6 Å². The van der Waals surface area contributed by atoms with Crippen molar-refractivity contribution >= 4 is 28.5 Å². The van der Waals surface area contributed by atoms with Crippen LogP contribution in [-0.2, 0) is 17.8 Å². The van der Waals surface area contributed by atoms with Gasteiger partial charge < -0.3 is 9.88 Å². The molecule has 2 aromatic carbocycles. The Labute approximate surface area is 189 Å². The first-order valence-electron chi connectivity index (χ1n) is 11.2. The molecule has 31 heavy (non-hydrogen) atoms. The molecule has 1 amide bonds. The number of likely N-dealkylation sites (tertiary alicyclic amines) is 1. The van der Waals surface area contributed by atoms with Crippen molar-refractivity contribution in [3.8, 4) is 0 Å². The highest BCUT2D eigenvalue weighted by atomic mass is 35.5. The number of aromatic nitrogens is 2. The minimum absolute atomic E-state index is 0.102. The SMILES string of the molecule is CC(C)n1c(CN2CCC(C(=O)NCCc3ccc(Cl)cc3)CC2)nc2ccccc21. The molecule has 0 bridgehead atoms. The van der Waals surface area contributed by atoms with Crippen molar-refractivity contribution in [3.05, 3.63) is 64.9 Å². The topological polar surface area (TPSA) is 50.2 Å². The van der Waals surface area contributed by atoms with E-state index in [1.807, 2.05) is 30.3 Å². The van der Waals surface area contributed by atoms with Gasteiger partial charge in [-0.1, -0.05) is 35.9 Å². The molecule has 164 valence electrons. The summed E-state index contributed by atoms with van der Waals surface area (Å²) in [6.45, 7) is 7.76. The molecule has 0 saturated carbocycles. The zero-order valence-electron chi connectivity index (χ0n) is 18.4. The zero-order valence-corrected chi connectivity index (χ0v) is 19.1. The summed E-state index contributed by atoms with van der Waals surface area (Å²) >= 11 is 5.93. The van der Waals surface area contributed by atoms with Crippen LogP contribution in [0, 0.1) is 5.92 Å². The fourth-order valence-electron chi connectivity index (χ4n) is 4.46. The highest BCUT2D eigenvalue weighted by Crippen LogP contribution is 2.24. The van der Waals surface area contributed by atoms with Crippen molar-refractivity contribution in [2.24, 2.45) is 5.92 Å². The number of nitrogens with zero attached hydrogens (tertiary/aromatic N) is 3. The molecule has 0 aliphatic carbocycles. The van der Waals surface area contributed by atoms with Crippen LogP contribution in [0.3, 0.4) is 0 Å². The van der Waals surface area contributed by atoms with Gasteiger partial charge in [0, 0.05) is 23.5 Å². The van der Waals surface area contributed by atoms with Gasteiger partial charge in [0.15, 0.2) is 0 Å². The van der Waals surface area contributed by atoms with Crippen LogP contribution in [0.5, 0.6) is 0 Å². The summed E-state index contributed by atoms with van der Waals surface area (Å²) < 4.78 is 2.34. The number of carbonyl (C=O) groups is 1. The van der Waals surface area contributed by atoms with E-state index < -0.39 is 0 Å². The number of para-hydroxylation sites is 2. The largest absolute Gasteiger partial charge is 0.356 e. The van der Waals surface area contributed by atoms with Gasteiger partial charge in [-0.2, -0.15) is 0 Å². The second-order valence-electron chi connectivity index (χ2n) is 8.70. The Morgan fingerprint density at radius 1 is 1.13 bits per heavy atom. The zero-order chi connectivity index (χ0) is 21.8. The van der Waals surface area contributed by atoms with Crippen molar-refractivity contribution in [1.29, 1.82) is 0 Å². The molecule has 1 N–H and O–H groups in total. The Morgan fingerprint density at radius 2 is 1.84 bits per heavy atom. The van der Waals surface area contributed by atoms with E-state index in [-0.39, 0.29) is 11.8 Å². The number of halogens is 1. The van der Waals surface area contributed by atoms with Gasteiger partial charge in [-0.05, 0) is 76.0 Å². The van der Waals surface area contributed by atoms with E-state index in [1.54, 1.807) is 0 Å². The number of imidazole rings is 1. The van der Waals surface area contributed by atoms with Crippen molar-refractivity contribution in [2.75, 3.05) is 19.6 Å². The minimum atomic E-state index is 0.102. The maximum Gasteiger partial charge on any atom is 0.223 e. The molecule has 0 radical (unpaired) electrons. The molecule has 5 nitrogen and oxygen atoms in total. The second kappa shape index (κ2) is 9.84. The molecular weight excluding hydrogens is 408 g/mol. The van der Waals surface area contributed by atoms with Gasteiger partial charge in [-0.3, -0.25) is 9.69 Å². The van der Waals surface area contributed by atoms with Crippen molar-refractivity contribution < 1.29 is 4.79 Å². The highest BCUT2D eigenvalue weighted by Gasteiger charge is 2.26. The number of piperidine rings is 1. The summed E-state index contributed by atoms with van der Waals surface area (Å²) in [5.41, 5.74) is 3.44. The van der Waals surface area contributed by atoms with Gasteiger partial charge in [0.1, 0.15) is 5.82 Å². The predicted octanol–water partition coefficient (Wildman–Crippen LogP) is 4.84. The van der Waals surface area contributed by atoms with Gasteiger partial charge in [-0.15, -0.1) is 0 Å². The summed E-state index contributed by atoms with van der Waals surface area (Å²) in [5.74, 6) is 1.40. The molecular formula is C25H31ClN4O. The maximum absolute atomic E-state index is 12.6. The molecule has 0 unspecified atom stereocenters. The third-order valence-electron chi connectivity index (χ3n) is 6.13.